The van der Waals surface area contributed by atoms with Gasteiger partial charge in [0.05, 0.1) is 10.7 Å². The highest BCUT2D eigenvalue weighted by molar-refractivity contribution is 7.13. The zero-order chi connectivity index (χ0) is 12.8. The zero-order valence-electron chi connectivity index (χ0n) is 10.5. The molecule has 0 aliphatic rings. The average molecular weight is 257 g/mol. The number of nitrogens with zero attached hydrogens (tertiary/aromatic N) is 2. The van der Waals surface area contributed by atoms with Crippen LogP contribution in [0.3, 0.4) is 0 Å². The minimum absolute atomic E-state index is 0.355. The molecule has 6 heteroatoms. The summed E-state index contributed by atoms with van der Waals surface area (Å²) in [5.41, 5.74) is 0.616. The van der Waals surface area contributed by atoms with Gasteiger partial charge >= 0.3 is 5.97 Å². The van der Waals surface area contributed by atoms with Crippen molar-refractivity contribution in [3.63, 3.8) is 0 Å². The van der Waals surface area contributed by atoms with Crippen LogP contribution in [-0.4, -0.2) is 54.7 Å². The highest BCUT2D eigenvalue weighted by atomic mass is 32.1. The van der Waals surface area contributed by atoms with Crippen LogP contribution in [0.4, 0.5) is 0 Å². The molecule has 2 N–H and O–H groups in total. The fraction of sp³-hybridized carbons (Fsp3) is 0.636. The van der Waals surface area contributed by atoms with E-state index in [0.29, 0.717) is 10.6 Å². The molecule has 1 aromatic heterocycles. The number of hydrogen-bond donors (Lipinski definition) is 2. The van der Waals surface area contributed by atoms with Crippen LogP contribution >= 0.6 is 11.3 Å². The minimum atomic E-state index is -0.883. The van der Waals surface area contributed by atoms with Gasteiger partial charge in [0.1, 0.15) is 4.88 Å². The van der Waals surface area contributed by atoms with Crippen molar-refractivity contribution in [1.82, 2.24) is 15.2 Å². The molecule has 0 saturated heterocycles. The lowest BCUT2D eigenvalue weighted by Crippen LogP contribution is -2.27. The van der Waals surface area contributed by atoms with Crippen LogP contribution in [-0.2, 0) is 6.42 Å². The number of hydrogen-bond acceptors (Lipinski definition) is 5. The number of aryl methyl sites for hydroxylation is 1. The number of carbonyl (C=O) groups is 1. The summed E-state index contributed by atoms with van der Waals surface area (Å²) in [5, 5.41) is 13.1. The summed E-state index contributed by atoms with van der Waals surface area (Å²) >= 11 is 1.27. The van der Waals surface area contributed by atoms with Gasteiger partial charge in [-0.3, -0.25) is 0 Å². The van der Waals surface area contributed by atoms with Gasteiger partial charge in [0.2, 0.25) is 0 Å². The Bertz CT molecular complexity index is 377. The molecule has 17 heavy (non-hydrogen) atoms. The van der Waals surface area contributed by atoms with Crippen molar-refractivity contribution < 1.29 is 9.90 Å². The topological polar surface area (TPSA) is 65.5 Å². The molecule has 0 atom stereocenters. The van der Waals surface area contributed by atoms with Crippen LogP contribution in [0.2, 0.25) is 0 Å². The molecule has 0 fully saturated rings. The maximum absolute atomic E-state index is 10.8. The van der Waals surface area contributed by atoms with Gasteiger partial charge < -0.3 is 15.3 Å². The van der Waals surface area contributed by atoms with Gasteiger partial charge in [-0.1, -0.05) is 0 Å². The Morgan fingerprint density at radius 1 is 1.47 bits per heavy atom. The molecule has 1 rings (SSSR count). The van der Waals surface area contributed by atoms with Gasteiger partial charge in [0, 0.05) is 26.1 Å². The molecule has 0 unspecified atom stereocenters. The van der Waals surface area contributed by atoms with Crippen LogP contribution in [0.5, 0.6) is 0 Å². The van der Waals surface area contributed by atoms with Gasteiger partial charge in [-0.05, 0) is 21.0 Å². The van der Waals surface area contributed by atoms with Crippen molar-refractivity contribution in [3.8, 4) is 0 Å². The van der Waals surface area contributed by atoms with E-state index in [2.05, 4.69) is 15.2 Å². The predicted octanol–water partition coefficient (Wildman–Crippen LogP) is 0.843. The Kier molecular flexibility index (Phi) is 5.54. The Balaban J connectivity index is 2.32. The second kappa shape index (κ2) is 6.68. The van der Waals surface area contributed by atoms with Crippen molar-refractivity contribution in [2.75, 3.05) is 33.7 Å². The first-order valence-electron chi connectivity index (χ1n) is 5.55. The van der Waals surface area contributed by atoms with E-state index in [1.807, 2.05) is 14.1 Å². The molecule has 0 saturated carbocycles. The summed E-state index contributed by atoms with van der Waals surface area (Å²) in [7, 11) is 4.07. The molecule has 5 nitrogen and oxygen atoms in total. The first-order chi connectivity index (χ1) is 8.00. The lowest BCUT2D eigenvalue weighted by molar-refractivity contribution is 0.0701. The minimum Gasteiger partial charge on any atom is -0.477 e. The highest BCUT2D eigenvalue weighted by Crippen LogP contribution is 2.17. The van der Waals surface area contributed by atoms with Crippen molar-refractivity contribution in [2.45, 2.75) is 13.3 Å². The van der Waals surface area contributed by atoms with E-state index in [1.165, 1.54) is 11.3 Å². The quantitative estimate of drug-likeness (QED) is 0.709. The molecular weight excluding hydrogens is 238 g/mol. The standard InChI is InChI=1S/C11H19N3O2S/c1-8-10(11(15)16)17-9(13-8)4-5-12-6-7-14(2)3/h12H,4-7H2,1-3H3,(H,15,16). The number of nitrogens with one attached hydrogen (secondary N) is 1. The second-order valence-corrected chi connectivity index (χ2v) is 5.21. The number of rotatable bonds is 7. The maximum Gasteiger partial charge on any atom is 0.347 e. The van der Waals surface area contributed by atoms with Crippen LogP contribution < -0.4 is 5.32 Å². The third-order valence-electron chi connectivity index (χ3n) is 2.29. The van der Waals surface area contributed by atoms with Crippen LogP contribution in [0.15, 0.2) is 0 Å². The van der Waals surface area contributed by atoms with E-state index >= 15 is 0 Å². The SMILES string of the molecule is Cc1nc(CCNCCN(C)C)sc1C(=O)O. The molecule has 0 spiro atoms. The molecule has 96 valence electrons. The lowest BCUT2D eigenvalue weighted by atomic mass is 10.4. The van der Waals surface area contributed by atoms with E-state index in [-0.39, 0.29) is 0 Å². The first-order valence-corrected chi connectivity index (χ1v) is 6.37. The number of carboxylic acids is 1. The summed E-state index contributed by atoms with van der Waals surface area (Å²) in [6.45, 7) is 4.50. The summed E-state index contributed by atoms with van der Waals surface area (Å²) in [6, 6.07) is 0. The van der Waals surface area contributed by atoms with E-state index in [4.69, 9.17) is 5.11 Å². The van der Waals surface area contributed by atoms with Gasteiger partial charge in [-0.15, -0.1) is 11.3 Å². The Hall–Kier alpha value is -0.980. The molecule has 0 amide bonds. The molecule has 1 heterocycles. The van der Waals surface area contributed by atoms with E-state index in [1.54, 1.807) is 6.92 Å². The van der Waals surface area contributed by atoms with Gasteiger partial charge in [-0.2, -0.15) is 0 Å². The Labute approximate surface area is 105 Å². The highest BCUT2D eigenvalue weighted by Gasteiger charge is 2.13. The van der Waals surface area contributed by atoms with Gasteiger partial charge in [0.25, 0.3) is 0 Å². The normalized spacial score (nSPS) is 11.1. The summed E-state index contributed by atoms with van der Waals surface area (Å²) in [4.78, 5) is 17.6. The summed E-state index contributed by atoms with van der Waals surface area (Å²) in [6.07, 6.45) is 0.784. The third-order valence-corrected chi connectivity index (χ3v) is 3.49. The summed E-state index contributed by atoms with van der Waals surface area (Å²) < 4.78 is 0. The number of likely N-dealkylation sites (N-methyl/N-ethyl adjacent to an activating group) is 1. The lowest BCUT2D eigenvalue weighted by Gasteiger charge is -2.09. The largest absolute Gasteiger partial charge is 0.477 e. The monoisotopic (exact) mass is 257 g/mol. The molecule has 0 aliphatic heterocycles. The van der Waals surface area contributed by atoms with E-state index in [9.17, 15) is 4.79 Å². The molecular formula is C11H19N3O2S. The fourth-order valence-electron chi connectivity index (χ4n) is 1.38. The molecule has 1 aromatic rings. The Morgan fingerprint density at radius 3 is 2.71 bits per heavy atom. The van der Waals surface area contributed by atoms with Gasteiger partial charge in [-0.25, -0.2) is 9.78 Å². The molecule has 0 aromatic carbocycles. The van der Waals surface area contributed by atoms with E-state index < -0.39 is 5.97 Å². The van der Waals surface area contributed by atoms with E-state index in [0.717, 1.165) is 31.1 Å². The van der Waals surface area contributed by atoms with Crippen LogP contribution in [0, 0.1) is 6.92 Å². The zero-order valence-corrected chi connectivity index (χ0v) is 11.3. The summed E-state index contributed by atoms with van der Waals surface area (Å²) in [5.74, 6) is -0.883. The number of aromatic nitrogens is 1. The van der Waals surface area contributed by atoms with Crippen molar-refractivity contribution in [1.29, 1.82) is 0 Å². The van der Waals surface area contributed by atoms with Crippen LogP contribution in [0.1, 0.15) is 20.4 Å². The van der Waals surface area contributed by atoms with Crippen molar-refractivity contribution in [3.05, 3.63) is 15.6 Å². The van der Waals surface area contributed by atoms with Crippen molar-refractivity contribution in [2.24, 2.45) is 0 Å². The smallest absolute Gasteiger partial charge is 0.347 e. The predicted molar refractivity (Wildman–Crippen MR) is 68.9 cm³/mol. The van der Waals surface area contributed by atoms with Crippen molar-refractivity contribution >= 4 is 17.3 Å². The third kappa shape index (κ3) is 4.80. The Morgan fingerprint density at radius 2 is 2.18 bits per heavy atom. The number of thiazole rings is 1. The fourth-order valence-corrected chi connectivity index (χ4v) is 2.28. The molecule has 0 radical (unpaired) electrons. The number of aromatic carboxylic acids is 1. The molecule has 0 aliphatic carbocycles. The van der Waals surface area contributed by atoms with Crippen LogP contribution in [0.25, 0.3) is 0 Å². The second-order valence-electron chi connectivity index (χ2n) is 4.13. The maximum atomic E-state index is 10.8. The first kappa shape index (κ1) is 14.1. The number of carboxylic acid groups (broad SMARTS) is 1. The average Bonchev–Trinajstić information content (AvgIpc) is 2.59. The molecule has 0 bridgehead atoms. The van der Waals surface area contributed by atoms with Gasteiger partial charge in [0.15, 0.2) is 0 Å².